The zero-order chi connectivity index (χ0) is 16.0. The number of hydrogen-bond acceptors (Lipinski definition) is 5. The molecule has 0 fully saturated rings. The van der Waals surface area contributed by atoms with Crippen molar-refractivity contribution in [2.45, 2.75) is 13.0 Å². The number of ether oxygens (including phenoxy) is 2. The van der Waals surface area contributed by atoms with Crippen molar-refractivity contribution in [3.05, 3.63) is 36.7 Å². The molecule has 0 spiro atoms. The molecular weight excluding hydrogens is 298 g/mol. The lowest BCUT2D eigenvalue weighted by Gasteiger charge is -2.13. The monoisotopic (exact) mass is 311 g/mol. The third-order valence-electron chi connectivity index (χ3n) is 3.85. The number of rotatable bonds is 3. The van der Waals surface area contributed by atoms with Crippen LogP contribution >= 0.6 is 0 Å². The van der Waals surface area contributed by atoms with Crippen LogP contribution in [0.25, 0.3) is 22.4 Å². The first-order valence-electron chi connectivity index (χ1n) is 7.10. The molecule has 0 aliphatic carbocycles. The Kier molecular flexibility index (Phi) is 2.94. The lowest BCUT2D eigenvalue weighted by atomic mass is 10.2. The molecule has 3 aromatic rings. The maximum Gasteiger partial charge on any atom is 0.326 e. The van der Waals surface area contributed by atoms with Crippen LogP contribution in [0.3, 0.4) is 0 Å². The predicted octanol–water partition coefficient (Wildman–Crippen LogP) is 2.47. The second kappa shape index (κ2) is 4.98. The summed E-state index contributed by atoms with van der Waals surface area (Å²) in [6, 6.07) is 6.39. The molecule has 0 saturated heterocycles. The van der Waals surface area contributed by atoms with Crippen LogP contribution in [0.5, 0.6) is 11.5 Å². The van der Waals surface area contributed by atoms with E-state index in [2.05, 4.69) is 9.97 Å². The van der Waals surface area contributed by atoms with Gasteiger partial charge in [-0.1, -0.05) is 0 Å². The Morgan fingerprint density at radius 3 is 2.83 bits per heavy atom. The molecule has 0 saturated carbocycles. The Morgan fingerprint density at radius 2 is 2.13 bits per heavy atom. The molecule has 0 radical (unpaired) electrons. The number of carbonyl (C=O) groups is 1. The molecule has 116 valence electrons. The lowest BCUT2D eigenvalue weighted by molar-refractivity contribution is -0.140. The minimum absolute atomic E-state index is 0.159. The van der Waals surface area contributed by atoms with Crippen LogP contribution in [-0.2, 0) is 4.79 Å². The first-order chi connectivity index (χ1) is 11.1. The highest BCUT2D eigenvalue weighted by Crippen LogP contribution is 2.38. The largest absolute Gasteiger partial charge is 0.480 e. The fourth-order valence-corrected chi connectivity index (χ4v) is 2.69. The summed E-state index contributed by atoms with van der Waals surface area (Å²) in [5.41, 5.74) is 2.09. The van der Waals surface area contributed by atoms with Gasteiger partial charge >= 0.3 is 5.97 Å². The molecule has 1 aliphatic rings. The van der Waals surface area contributed by atoms with Crippen LogP contribution in [0.1, 0.15) is 13.0 Å². The minimum Gasteiger partial charge on any atom is -0.480 e. The summed E-state index contributed by atoms with van der Waals surface area (Å²) in [6.07, 6.45) is 3.32. The van der Waals surface area contributed by atoms with Gasteiger partial charge in [-0.05, 0) is 19.1 Å². The van der Waals surface area contributed by atoms with Crippen LogP contribution in [0.4, 0.5) is 0 Å². The van der Waals surface area contributed by atoms with E-state index in [1.807, 2.05) is 6.07 Å². The molecule has 1 N–H and O–H groups in total. The Bertz CT molecular complexity index is 905. The second-order valence-corrected chi connectivity index (χ2v) is 5.26. The van der Waals surface area contributed by atoms with Gasteiger partial charge in [-0.15, -0.1) is 0 Å². The van der Waals surface area contributed by atoms with Crippen molar-refractivity contribution in [2.75, 3.05) is 6.79 Å². The quantitative estimate of drug-likeness (QED) is 0.799. The fraction of sp³-hybridized carbons (Fsp3) is 0.188. The Morgan fingerprint density at radius 1 is 1.35 bits per heavy atom. The Labute approximate surface area is 131 Å². The Balaban J connectivity index is 2.02. The number of aromatic nitrogens is 3. The van der Waals surface area contributed by atoms with E-state index >= 15 is 0 Å². The maximum absolute atomic E-state index is 11.5. The molecule has 1 aliphatic heterocycles. The van der Waals surface area contributed by atoms with E-state index in [1.165, 1.54) is 0 Å². The number of hydrogen-bond donors (Lipinski definition) is 1. The summed E-state index contributed by atoms with van der Waals surface area (Å²) in [4.78, 5) is 20.2. The summed E-state index contributed by atoms with van der Waals surface area (Å²) < 4.78 is 12.4. The van der Waals surface area contributed by atoms with E-state index in [1.54, 1.807) is 42.1 Å². The van der Waals surface area contributed by atoms with Gasteiger partial charge < -0.3 is 19.1 Å². The zero-order valence-electron chi connectivity index (χ0n) is 12.3. The van der Waals surface area contributed by atoms with Crippen molar-refractivity contribution in [3.8, 4) is 22.9 Å². The van der Waals surface area contributed by atoms with Gasteiger partial charge in [0.25, 0.3) is 0 Å². The molecule has 0 amide bonds. The van der Waals surface area contributed by atoms with E-state index in [9.17, 15) is 9.90 Å². The highest BCUT2D eigenvalue weighted by molar-refractivity contribution is 5.87. The van der Waals surface area contributed by atoms with E-state index in [-0.39, 0.29) is 6.79 Å². The SMILES string of the molecule is CC(C(=O)O)n1c(-c2cccnc2)nc2cc3c(cc21)OCO3. The molecule has 3 heterocycles. The maximum atomic E-state index is 11.5. The van der Waals surface area contributed by atoms with Crippen molar-refractivity contribution in [1.82, 2.24) is 14.5 Å². The first kappa shape index (κ1) is 13.6. The number of fused-ring (bicyclic) bond motifs is 2. The smallest absolute Gasteiger partial charge is 0.326 e. The van der Waals surface area contributed by atoms with E-state index < -0.39 is 12.0 Å². The molecule has 2 aromatic heterocycles. The molecule has 1 unspecified atom stereocenters. The van der Waals surface area contributed by atoms with Gasteiger partial charge in [-0.25, -0.2) is 9.78 Å². The van der Waals surface area contributed by atoms with Crippen LogP contribution in [-0.4, -0.2) is 32.4 Å². The van der Waals surface area contributed by atoms with Gasteiger partial charge in [-0.3, -0.25) is 4.98 Å². The highest BCUT2D eigenvalue weighted by Gasteiger charge is 2.25. The summed E-state index contributed by atoms with van der Waals surface area (Å²) in [5, 5.41) is 9.46. The normalized spacial score (nSPS) is 14.1. The van der Waals surface area contributed by atoms with E-state index in [0.29, 0.717) is 28.4 Å². The molecule has 1 atom stereocenters. The molecule has 0 bridgehead atoms. The molecular formula is C16H13N3O4. The minimum atomic E-state index is -0.938. The number of imidazole rings is 1. The summed E-state index contributed by atoms with van der Waals surface area (Å²) in [5.74, 6) is 0.815. The summed E-state index contributed by atoms with van der Waals surface area (Å²) in [7, 11) is 0. The third kappa shape index (κ3) is 2.09. The van der Waals surface area contributed by atoms with Gasteiger partial charge in [0.1, 0.15) is 11.9 Å². The number of nitrogens with zero attached hydrogens (tertiary/aromatic N) is 3. The molecule has 23 heavy (non-hydrogen) atoms. The molecule has 7 heteroatoms. The standard InChI is InChI=1S/C16H13N3O4/c1-9(16(20)21)19-12-6-14-13(22-8-23-14)5-11(12)18-15(19)10-3-2-4-17-7-10/h2-7,9H,8H2,1H3,(H,20,21). The van der Waals surface area contributed by atoms with Crippen molar-refractivity contribution < 1.29 is 19.4 Å². The average Bonchev–Trinajstić information content (AvgIpc) is 3.16. The Hall–Kier alpha value is -3.09. The van der Waals surface area contributed by atoms with Crippen molar-refractivity contribution in [2.24, 2.45) is 0 Å². The number of aliphatic carboxylic acids is 1. The van der Waals surface area contributed by atoms with E-state index in [4.69, 9.17) is 9.47 Å². The highest BCUT2D eigenvalue weighted by atomic mass is 16.7. The van der Waals surface area contributed by atoms with E-state index in [0.717, 1.165) is 5.56 Å². The predicted molar refractivity (Wildman–Crippen MR) is 81.4 cm³/mol. The average molecular weight is 311 g/mol. The fourth-order valence-electron chi connectivity index (χ4n) is 2.69. The number of benzene rings is 1. The van der Waals surface area contributed by atoms with Crippen LogP contribution in [0.15, 0.2) is 36.7 Å². The van der Waals surface area contributed by atoms with Crippen LogP contribution < -0.4 is 9.47 Å². The van der Waals surface area contributed by atoms with Gasteiger partial charge in [0, 0.05) is 30.1 Å². The van der Waals surface area contributed by atoms with Gasteiger partial charge in [-0.2, -0.15) is 0 Å². The number of carboxylic acids is 1. The van der Waals surface area contributed by atoms with Crippen molar-refractivity contribution in [1.29, 1.82) is 0 Å². The second-order valence-electron chi connectivity index (χ2n) is 5.26. The van der Waals surface area contributed by atoms with Crippen LogP contribution in [0, 0.1) is 0 Å². The molecule has 1 aromatic carbocycles. The third-order valence-corrected chi connectivity index (χ3v) is 3.85. The van der Waals surface area contributed by atoms with Crippen molar-refractivity contribution >= 4 is 17.0 Å². The first-order valence-corrected chi connectivity index (χ1v) is 7.10. The number of carboxylic acid groups (broad SMARTS) is 1. The zero-order valence-corrected chi connectivity index (χ0v) is 12.3. The lowest BCUT2D eigenvalue weighted by Crippen LogP contribution is -2.16. The summed E-state index contributed by atoms with van der Waals surface area (Å²) in [6.45, 7) is 1.78. The van der Waals surface area contributed by atoms with Gasteiger partial charge in [0.05, 0.1) is 11.0 Å². The molecule has 7 nitrogen and oxygen atoms in total. The van der Waals surface area contributed by atoms with Gasteiger partial charge in [0.15, 0.2) is 11.5 Å². The molecule has 4 rings (SSSR count). The van der Waals surface area contributed by atoms with Gasteiger partial charge in [0.2, 0.25) is 6.79 Å². The van der Waals surface area contributed by atoms with Crippen LogP contribution in [0.2, 0.25) is 0 Å². The van der Waals surface area contributed by atoms with Crippen molar-refractivity contribution in [3.63, 3.8) is 0 Å². The number of pyridine rings is 1. The summed E-state index contributed by atoms with van der Waals surface area (Å²) >= 11 is 0. The topological polar surface area (TPSA) is 86.5 Å².